The fourth-order valence-corrected chi connectivity index (χ4v) is 4.38. The molecule has 0 saturated heterocycles. The fourth-order valence-electron chi connectivity index (χ4n) is 4.38. The molecule has 2 aliphatic rings. The quantitative estimate of drug-likeness (QED) is 0.742. The summed E-state index contributed by atoms with van der Waals surface area (Å²) in [6.07, 6.45) is 5.53. The van der Waals surface area contributed by atoms with E-state index in [1.54, 1.807) is 12.1 Å². The highest BCUT2D eigenvalue weighted by molar-refractivity contribution is 5.60. The molecule has 0 fully saturated rings. The van der Waals surface area contributed by atoms with Gasteiger partial charge in [0.2, 0.25) is 0 Å². The van der Waals surface area contributed by atoms with Crippen molar-refractivity contribution in [1.29, 1.82) is 0 Å². The molecule has 130 valence electrons. The van der Waals surface area contributed by atoms with Gasteiger partial charge < -0.3 is 10.2 Å². The van der Waals surface area contributed by atoms with Gasteiger partial charge in [0.25, 0.3) is 0 Å². The van der Waals surface area contributed by atoms with Crippen LogP contribution in [-0.4, -0.2) is 13.1 Å². The SMILES string of the molecule is CCN(CC)c1ccc(C2Nc3ccc(F)cc3C3C=CCC32)cc1. The van der Waals surface area contributed by atoms with E-state index in [4.69, 9.17) is 0 Å². The first-order valence-electron chi connectivity index (χ1n) is 9.28. The van der Waals surface area contributed by atoms with Crippen LogP contribution in [0.2, 0.25) is 0 Å². The average Bonchev–Trinajstić information content (AvgIpc) is 3.13. The molecular weight excluding hydrogens is 311 g/mol. The standard InChI is InChI=1S/C22H25FN2/c1-3-25(4-2)17-11-8-15(9-12-17)22-19-7-5-6-18(19)20-14-16(23)10-13-21(20)24-22/h5-6,8-14,18-19,22,24H,3-4,7H2,1-2H3. The summed E-state index contributed by atoms with van der Waals surface area (Å²) in [5.74, 6) is 0.606. The topological polar surface area (TPSA) is 15.3 Å². The van der Waals surface area contributed by atoms with Crippen molar-refractivity contribution in [3.05, 3.63) is 71.6 Å². The molecular formula is C22H25FN2. The molecule has 3 atom stereocenters. The highest BCUT2D eigenvalue weighted by Crippen LogP contribution is 2.49. The summed E-state index contributed by atoms with van der Waals surface area (Å²) < 4.78 is 13.7. The zero-order valence-electron chi connectivity index (χ0n) is 14.9. The van der Waals surface area contributed by atoms with E-state index in [1.165, 1.54) is 11.3 Å². The molecule has 1 heterocycles. The molecule has 0 spiro atoms. The van der Waals surface area contributed by atoms with E-state index in [2.05, 4.69) is 60.5 Å². The second-order valence-corrected chi connectivity index (χ2v) is 6.97. The van der Waals surface area contributed by atoms with Crippen LogP contribution in [0.3, 0.4) is 0 Å². The molecule has 25 heavy (non-hydrogen) atoms. The van der Waals surface area contributed by atoms with E-state index in [0.717, 1.165) is 30.8 Å². The van der Waals surface area contributed by atoms with Gasteiger partial charge in [0.05, 0.1) is 6.04 Å². The zero-order chi connectivity index (χ0) is 17.4. The van der Waals surface area contributed by atoms with Crippen LogP contribution < -0.4 is 10.2 Å². The van der Waals surface area contributed by atoms with Gasteiger partial charge in [0.1, 0.15) is 5.82 Å². The maximum absolute atomic E-state index is 13.7. The Morgan fingerprint density at radius 3 is 2.56 bits per heavy atom. The molecule has 0 saturated carbocycles. The first-order chi connectivity index (χ1) is 12.2. The van der Waals surface area contributed by atoms with Gasteiger partial charge >= 0.3 is 0 Å². The first kappa shape index (κ1) is 16.2. The molecule has 0 bridgehead atoms. The summed E-state index contributed by atoms with van der Waals surface area (Å²) in [6.45, 7) is 6.41. The minimum atomic E-state index is -0.151. The Hall–Kier alpha value is -2.29. The van der Waals surface area contributed by atoms with Crippen molar-refractivity contribution < 1.29 is 4.39 Å². The summed E-state index contributed by atoms with van der Waals surface area (Å²) in [5, 5.41) is 3.67. The van der Waals surface area contributed by atoms with Gasteiger partial charge in [0, 0.05) is 30.4 Å². The summed E-state index contributed by atoms with van der Waals surface area (Å²) in [5.41, 5.74) is 4.74. The Bertz CT molecular complexity index is 777. The molecule has 0 aromatic heterocycles. The number of benzene rings is 2. The van der Waals surface area contributed by atoms with Gasteiger partial charge in [-0.25, -0.2) is 4.39 Å². The number of nitrogens with one attached hydrogen (secondary N) is 1. The maximum atomic E-state index is 13.7. The summed E-state index contributed by atoms with van der Waals surface area (Å²) in [7, 11) is 0. The van der Waals surface area contributed by atoms with Crippen molar-refractivity contribution in [2.45, 2.75) is 32.2 Å². The number of rotatable bonds is 4. The lowest BCUT2D eigenvalue weighted by Gasteiger charge is -2.37. The number of hydrogen-bond acceptors (Lipinski definition) is 2. The van der Waals surface area contributed by atoms with Crippen molar-refractivity contribution in [1.82, 2.24) is 0 Å². The predicted molar refractivity (Wildman–Crippen MR) is 103 cm³/mol. The lowest BCUT2D eigenvalue weighted by molar-refractivity contribution is 0.424. The minimum absolute atomic E-state index is 0.151. The number of allylic oxidation sites excluding steroid dienone is 2. The molecule has 2 aromatic rings. The number of anilines is 2. The third-order valence-corrected chi connectivity index (χ3v) is 5.71. The minimum Gasteiger partial charge on any atom is -0.378 e. The smallest absolute Gasteiger partial charge is 0.123 e. The summed E-state index contributed by atoms with van der Waals surface area (Å²) in [4.78, 5) is 2.36. The predicted octanol–water partition coefficient (Wildman–Crippen LogP) is 5.50. The maximum Gasteiger partial charge on any atom is 0.123 e. The molecule has 0 radical (unpaired) electrons. The Balaban J connectivity index is 1.66. The second-order valence-electron chi connectivity index (χ2n) is 6.97. The first-order valence-corrected chi connectivity index (χ1v) is 9.28. The number of halogens is 1. The van der Waals surface area contributed by atoms with Crippen LogP contribution in [0.25, 0.3) is 0 Å². The van der Waals surface area contributed by atoms with Crippen molar-refractivity contribution in [3.8, 4) is 0 Å². The molecule has 3 heteroatoms. The second kappa shape index (κ2) is 6.55. The van der Waals surface area contributed by atoms with Crippen molar-refractivity contribution in [3.63, 3.8) is 0 Å². The van der Waals surface area contributed by atoms with Crippen LogP contribution in [0.4, 0.5) is 15.8 Å². The third kappa shape index (κ3) is 2.82. The van der Waals surface area contributed by atoms with Gasteiger partial charge in [0.15, 0.2) is 0 Å². The van der Waals surface area contributed by atoms with E-state index in [0.29, 0.717) is 11.8 Å². The van der Waals surface area contributed by atoms with Crippen LogP contribution in [-0.2, 0) is 0 Å². The lowest BCUT2D eigenvalue weighted by Crippen LogP contribution is -2.29. The van der Waals surface area contributed by atoms with Crippen molar-refractivity contribution in [2.75, 3.05) is 23.3 Å². The van der Waals surface area contributed by atoms with Gasteiger partial charge in [-0.1, -0.05) is 24.3 Å². The van der Waals surface area contributed by atoms with Crippen LogP contribution in [0, 0.1) is 11.7 Å². The summed E-state index contributed by atoms with van der Waals surface area (Å²) in [6, 6.07) is 14.3. The Labute approximate surface area is 149 Å². The van der Waals surface area contributed by atoms with E-state index in [-0.39, 0.29) is 11.9 Å². The molecule has 1 aliphatic carbocycles. The molecule has 0 amide bonds. The van der Waals surface area contributed by atoms with Crippen molar-refractivity contribution in [2.24, 2.45) is 5.92 Å². The van der Waals surface area contributed by atoms with Gasteiger partial charge in [-0.2, -0.15) is 0 Å². The average molecular weight is 336 g/mol. The monoisotopic (exact) mass is 336 g/mol. The van der Waals surface area contributed by atoms with Crippen LogP contribution in [0.1, 0.15) is 43.4 Å². The van der Waals surface area contributed by atoms with E-state index in [9.17, 15) is 4.39 Å². The number of fused-ring (bicyclic) bond motifs is 3. The molecule has 2 nitrogen and oxygen atoms in total. The van der Waals surface area contributed by atoms with E-state index in [1.807, 2.05) is 6.07 Å². The van der Waals surface area contributed by atoms with Crippen LogP contribution in [0.15, 0.2) is 54.6 Å². The number of nitrogens with zero attached hydrogens (tertiary/aromatic N) is 1. The summed E-state index contributed by atoms with van der Waals surface area (Å²) >= 11 is 0. The van der Waals surface area contributed by atoms with Gasteiger partial charge in [-0.05, 0) is 67.6 Å². The fraction of sp³-hybridized carbons (Fsp3) is 0.364. The van der Waals surface area contributed by atoms with Crippen LogP contribution >= 0.6 is 0 Å². The third-order valence-electron chi connectivity index (χ3n) is 5.71. The molecule has 2 aromatic carbocycles. The lowest BCUT2D eigenvalue weighted by atomic mass is 9.77. The van der Waals surface area contributed by atoms with Crippen LogP contribution in [0.5, 0.6) is 0 Å². The van der Waals surface area contributed by atoms with E-state index >= 15 is 0 Å². The highest BCUT2D eigenvalue weighted by atomic mass is 19.1. The molecule has 3 unspecified atom stereocenters. The molecule has 1 N–H and O–H groups in total. The van der Waals surface area contributed by atoms with Gasteiger partial charge in [-0.15, -0.1) is 0 Å². The Kier molecular flexibility index (Phi) is 4.24. The van der Waals surface area contributed by atoms with Gasteiger partial charge in [-0.3, -0.25) is 0 Å². The molecule has 1 aliphatic heterocycles. The van der Waals surface area contributed by atoms with Crippen molar-refractivity contribution >= 4 is 11.4 Å². The zero-order valence-corrected chi connectivity index (χ0v) is 14.9. The Morgan fingerprint density at radius 2 is 1.84 bits per heavy atom. The normalized spacial score (nSPS) is 23.7. The number of hydrogen-bond donors (Lipinski definition) is 1. The Morgan fingerprint density at radius 1 is 1.08 bits per heavy atom. The molecule has 4 rings (SSSR count). The van der Waals surface area contributed by atoms with E-state index < -0.39 is 0 Å². The highest BCUT2D eigenvalue weighted by Gasteiger charge is 2.37. The largest absolute Gasteiger partial charge is 0.378 e.